The molecule has 2 aliphatic rings. The fourth-order valence-corrected chi connectivity index (χ4v) is 5.78. The fourth-order valence-electron chi connectivity index (χ4n) is 5.04. The molecule has 0 unspecified atom stereocenters. The molecule has 3 heterocycles. The summed E-state index contributed by atoms with van der Waals surface area (Å²) in [4.78, 5) is 31.5. The van der Waals surface area contributed by atoms with Gasteiger partial charge in [0.05, 0.1) is 29.3 Å². The highest BCUT2D eigenvalue weighted by Crippen LogP contribution is 2.42. The summed E-state index contributed by atoms with van der Waals surface area (Å²) in [7, 11) is 1.37. The van der Waals surface area contributed by atoms with E-state index >= 15 is 0 Å². The number of carbonyl (C=O) groups is 2. The molecule has 0 saturated carbocycles. The van der Waals surface area contributed by atoms with Gasteiger partial charge in [0.1, 0.15) is 0 Å². The minimum atomic E-state index is -4.98. The normalized spacial score (nSPS) is 21.5. The van der Waals surface area contributed by atoms with Crippen molar-refractivity contribution in [3.63, 3.8) is 0 Å². The second kappa shape index (κ2) is 9.28. The van der Waals surface area contributed by atoms with Crippen molar-refractivity contribution in [2.75, 3.05) is 20.1 Å². The third kappa shape index (κ3) is 4.79. The maximum absolute atomic E-state index is 13.7. The molecule has 1 aromatic heterocycles. The molecule has 1 aromatic carbocycles. The Bertz CT molecular complexity index is 1130. The number of aryl methyl sites for hydroxylation is 1. The molecule has 0 spiro atoms. The van der Waals surface area contributed by atoms with E-state index in [1.165, 1.54) is 25.3 Å². The highest BCUT2D eigenvalue weighted by atomic mass is 32.1. The Morgan fingerprint density at radius 1 is 1.08 bits per heavy atom. The number of piperazine rings is 1. The maximum atomic E-state index is 13.7. The molecule has 2 aliphatic heterocycles. The number of rotatable bonds is 3. The van der Waals surface area contributed by atoms with Crippen LogP contribution < -0.4 is 0 Å². The van der Waals surface area contributed by atoms with Crippen LogP contribution in [0.1, 0.15) is 59.0 Å². The van der Waals surface area contributed by atoms with Crippen molar-refractivity contribution in [3.8, 4) is 0 Å². The second-order valence-corrected chi connectivity index (χ2v) is 10.3. The van der Waals surface area contributed by atoms with Gasteiger partial charge in [-0.15, -0.1) is 11.3 Å². The minimum absolute atomic E-state index is 0.00958. The lowest BCUT2D eigenvalue weighted by molar-refractivity contribution is -0.143. The SMILES string of the molecule is Cc1sccc1[C@H]1[C@@H]2CCC(=O)N2CCN1C(=O)N(C)[C@H](C)c1cc(C(F)(F)F)cc(C(F)(F)F)c1. The first kappa shape index (κ1) is 26.3. The molecule has 12 heteroatoms. The predicted octanol–water partition coefficient (Wildman–Crippen LogP) is 6.25. The number of hydrogen-bond acceptors (Lipinski definition) is 3. The summed E-state index contributed by atoms with van der Waals surface area (Å²) in [5, 5.41) is 1.89. The minimum Gasteiger partial charge on any atom is -0.335 e. The molecular formula is C24H25F6N3O2S. The standard InChI is InChI=1S/C24H25F6N3O2S/c1-13(15-10-16(23(25,26)27)12-17(11-15)24(28,29)30)31(3)22(35)33-8-7-32-19(4-5-20(32)34)21(33)18-6-9-36-14(18)2/h6,9-13,19,21H,4-5,7-8H2,1-3H3/t13-,19+,21+/m1/s1. The lowest BCUT2D eigenvalue weighted by atomic mass is 9.94. The number of fused-ring (bicyclic) bond motifs is 1. The van der Waals surface area contributed by atoms with Crippen LogP contribution in [0.2, 0.25) is 0 Å². The van der Waals surface area contributed by atoms with E-state index in [4.69, 9.17) is 0 Å². The van der Waals surface area contributed by atoms with E-state index in [1.54, 1.807) is 9.80 Å². The van der Waals surface area contributed by atoms with E-state index in [1.807, 2.05) is 18.4 Å². The lowest BCUT2D eigenvalue weighted by Crippen LogP contribution is -2.57. The van der Waals surface area contributed by atoms with Crippen LogP contribution >= 0.6 is 11.3 Å². The summed E-state index contributed by atoms with van der Waals surface area (Å²) in [6, 6.07) is 0.974. The van der Waals surface area contributed by atoms with Crippen molar-refractivity contribution in [2.45, 2.75) is 57.2 Å². The molecule has 36 heavy (non-hydrogen) atoms. The Morgan fingerprint density at radius 3 is 2.22 bits per heavy atom. The summed E-state index contributed by atoms with van der Waals surface area (Å²) < 4.78 is 80.2. The van der Waals surface area contributed by atoms with E-state index in [-0.39, 0.29) is 30.1 Å². The smallest absolute Gasteiger partial charge is 0.335 e. The van der Waals surface area contributed by atoms with E-state index < -0.39 is 41.6 Å². The average molecular weight is 534 g/mol. The number of carbonyl (C=O) groups excluding carboxylic acids is 2. The van der Waals surface area contributed by atoms with Gasteiger partial charge in [-0.1, -0.05) is 0 Å². The van der Waals surface area contributed by atoms with Crippen LogP contribution in [0.3, 0.4) is 0 Å². The summed E-state index contributed by atoms with van der Waals surface area (Å²) in [6.45, 7) is 3.83. The van der Waals surface area contributed by atoms with Crippen molar-refractivity contribution in [3.05, 3.63) is 56.8 Å². The number of benzene rings is 1. The first-order valence-corrected chi connectivity index (χ1v) is 12.2. The quantitative estimate of drug-likeness (QED) is 0.438. The van der Waals surface area contributed by atoms with Gasteiger partial charge in [-0.25, -0.2) is 4.79 Å². The third-order valence-corrected chi connectivity index (χ3v) is 7.96. The lowest BCUT2D eigenvalue weighted by Gasteiger charge is -2.46. The van der Waals surface area contributed by atoms with Gasteiger partial charge >= 0.3 is 18.4 Å². The Hall–Kier alpha value is -2.76. The molecule has 2 saturated heterocycles. The molecule has 0 N–H and O–H groups in total. The van der Waals surface area contributed by atoms with Crippen molar-refractivity contribution < 1.29 is 35.9 Å². The molecule has 196 valence electrons. The summed E-state index contributed by atoms with van der Waals surface area (Å²) in [5.74, 6) is 0.00958. The van der Waals surface area contributed by atoms with Crippen molar-refractivity contribution in [1.82, 2.24) is 14.7 Å². The van der Waals surface area contributed by atoms with Crippen molar-refractivity contribution >= 4 is 23.3 Å². The number of alkyl halides is 6. The average Bonchev–Trinajstić information content (AvgIpc) is 3.40. The van der Waals surface area contributed by atoms with E-state index in [9.17, 15) is 35.9 Å². The zero-order chi connectivity index (χ0) is 26.6. The second-order valence-electron chi connectivity index (χ2n) is 9.17. The number of hydrogen-bond donors (Lipinski definition) is 0. The van der Waals surface area contributed by atoms with Crippen LogP contribution in [0, 0.1) is 6.92 Å². The molecule has 4 rings (SSSR count). The molecule has 5 nitrogen and oxygen atoms in total. The van der Waals surface area contributed by atoms with Gasteiger partial charge in [-0.05, 0) is 61.0 Å². The summed E-state index contributed by atoms with van der Waals surface area (Å²) in [6.07, 6.45) is -9.04. The first-order valence-electron chi connectivity index (χ1n) is 11.4. The van der Waals surface area contributed by atoms with Crippen LogP contribution in [0.25, 0.3) is 0 Å². The number of amides is 3. The first-order chi connectivity index (χ1) is 16.7. The highest BCUT2D eigenvalue weighted by molar-refractivity contribution is 7.10. The van der Waals surface area contributed by atoms with Gasteiger partial charge < -0.3 is 14.7 Å². The zero-order valence-electron chi connectivity index (χ0n) is 19.8. The molecule has 0 aliphatic carbocycles. The van der Waals surface area contributed by atoms with Gasteiger partial charge in [-0.3, -0.25) is 4.79 Å². The van der Waals surface area contributed by atoms with Crippen LogP contribution in [0.15, 0.2) is 29.6 Å². The topological polar surface area (TPSA) is 43.9 Å². The van der Waals surface area contributed by atoms with E-state index in [2.05, 4.69) is 0 Å². The van der Waals surface area contributed by atoms with Gasteiger partial charge in [0.2, 0.25) is 5.91 Å². The zero-order valence-corrected chi connectivity index (χ0v) is 20.6. The summed E-state index contributed by atoms with van der Waals surface area (Å²) >= 11 is 1.50. The van der Waals surface area contributed by atoms with Crippen molar-refractivity contribution in [1.29, 1.82) is 0 Å². The van der Waals surface area contributed by atoms with Crippen molar-refractivity contribution in [2.24, 2.45) is 0 Å². The Kier molecular flexibility index (Phi) is 6.78. The van der Waals surface area contributed by atoms with E-state index in [0.29, 0.717) is 31.5 Å². The monoisotopic (exact) mass is 533 g/mol. The largest absolute Gasteiger partial charge is 0.416 e. The number of halogens is 6. The molecular weight excluding hydrogens is 508 g/mol. The van der Waals surface area contributed by atoms with E-state index in [0.717, 1.165) is 15.3 Å². The Labute approximate surface area is 208 Å². The number of thiophene rings is 1. The summed E-state index contributed by atoms with van der Waals surface area (Å²) in [5.41, 5.74) is -2.24. The molecule has 3 atom stereocenters. The third-order valence-electron chi connectivity index (χ3n) is 7.10. The molecule has 2 fully saturated rings. The van der Waals surface area contributed by atoms with Gasteiger partial charge in [0.25, 0.3) is 0 Å². The van der Waals surface area contributed by atoms with Crippen LogP contribution in [0.4, 0.5) is 31.1 Å². The van der Waals surface area contributed by atoms with Crippen LogP contribution in [-0.2, 0) is 17.1 Å². The molecule has 0 radical (unpaired) electrons. The van der Waals surface area contributed by atoms with Gasteiger partial charge in [-0.2, -0.15) is 26.3 Å². The fraction of sp³-hybridized carbons (Fsp3) is 0.500. The molecule has 3 amide bonds. The Balaban J connectivity index is 1.68. The Morgan fingerprint density at radius 2 is 1.69 bits per heavy atom. The maximum Gasteiger partial charge on any atom is 0.416 e. The highest BCUT2D eigenvalue weighted by Gasteiger charge is 2.46. The van der Waals surface area contributed by atoms with Gasteiger partial charge in [0.15, 0.2) is 0 Å². The predicted molar refractivity (Wildman–Crippen MR) is 121 cm³/mol. The molecule has 2 aromatic rings. The van der Waals surface area contributed by atoms with Gasteiger partial charge in [0, 0.05) is 31.4 Å². The number of urea groups is 1. The number of nitrogens with zero attached hydrogens (tertiary/aromatic N) is 3. The van der Waals surface area contributed by atoms with Crippen LogP contribution in [-0.4, -0.2) is 52.8 Å². The molecule has 0 bridgehead atoms. The van der Waals surface area contributed by atoms with Crippen LogP contribution in [0.5, 0.6) is 0 Å².